The fourth-order valence-electron chi connectivity index (χ4n) is 5.10. The molecule has 2 aromatic rings. The van der Waals surface area contributed by atoms with Crippen molar-refractivity contribution in [2.75, 3.05) is 21.1 Å². The third-order valence-corrected chi connectivity index (χ3v) is 6.63. The number of carboxylic acid groups (broad SMARTS) is 2. The smallest absolute Gasteiger partial charge is 0.290 e. The Morgan fingerprint density at radius 3 is 2.00 bits per heavy atom. The van der Waals surface area contributed by atoms with E-state index < -0.39 is 0 Å². The molecule has 32 heavy (non-hydrogen) atoms. The second-order valence-electron chi connectivity index (χ2n) is 8.89. The molecule has 1 aromatic heterocycles. The van der Waals surface area contributed by atoms with Crippen molar-refractivity contribution in [3.63, 3.8) is 0 Å². The highest BCUT2D eigenvalue weighted by Gasteiger charge is 2.43. The van der Waals surface area contributed by atoms with E-state index in [9.17, 15) is 0 Å². The van der Waals surface area contributed by atoms with Gasteiger partial charge in [0.2, 0.25) is 0 Å². The van der Waals surface area contributed by atoms with E-state index in [0.29, 0.717) is 0 Å². The minimum Gasteiger partial charge on any atom is -0.483 e. The van der Waals surface area contributed by atoms with Crippen LogP contribution in [-0.4, -0.2) is 76.0 Å². The van der Waals surface area contributed by atoms with Crippen molar-refractivity contribution in [3.05, 3.63) is 53.9 Å². The van der Waals surface area contributed by atoms with Crippen molar-refractivity contribution in [1.29, 1.82) is 0 Å². The topological polar surface area (TPSA) is 98.9 Å². The number of hydrogen-bond acceptors (Lipinski definition) is 5. The summed E-state index contributed by atoms with van der Waals surface area (Å²) in [7, 11) is 6.77. The Kier molecular flexibility index (Phi) is 10.4. The molecule has 8 nitrogen and oxygen atoms in total. The average molecular weight is 445 g/mol. The maximum absolute atomic E-state index is 8.36. The maximum atomic E-state index is 8.36. The Hall–Kier alpha value is -2.71. The first-order valence-corrected chi connectivity index (χ1v) is 11.0. The molecular formula is C24H36N4O4. The third kappa shape index (κ3) is 7.46. The Balaban J connectivity index is 0.000000547. The molecule has 0 radical (unpaired) electrons. The molecule has 2 aliphatic rings. The zero-order valence-electron chi connectivity index (χ0n) is 19.2. The van der Waals surface area contributed by atoms with Gasteiger partial charge in [0.25, 0.3) is 12.9 Å². The van der Waals surface area contributed by atoms with Gasteiger partial charge in [0, 0.05) is 30.4 Å². The van der Waals surface area contributed by atoms with E-state index in [-0.39, 0.29) is 12.9 Å². The van der Waals surface area contributed by atoms with E-state index in [4.69, 9.17) is 19.8 Å². The molecule has 2 saturated carbocycles. The van der Waals surface area contributed by atoms with Crippen LogP contribution in [0.1, 0.15) is 36.8 Å². The predicted molar refractivity (Wildman–Crippen MR) is 123 cm³/mol. The molecule has 1 aromatic carbocycles. The summed E-state index contributed by atoms with van der Waals surface area (Å²) < 4.78 is 2.06. The number of fused-ring (bicyclic) bond motifs is 1. The monoisotopic (exact) mass is 444 g/mol. The number of benzene rings is 1. The lowest BCUT2D eigenvalue weighted by atomic mass is 10.0. The van der Waals surface area contributed by atoms with Crippen molar-refractivity contribution >= 4 is 12.9 Å². The number of carbonyl (C=O) groups is 2. The molecule has 2 fully saturated rings. The summed E-state index contributed by atoms with van der Waals surface area (Å²) in [6.07, 6.45) is 9.81. The summed E-state index contributed by atoms with van der Waals surface area (Å²) in [5, 5.41) is 18.3. The summed E-state index contributed by atoms with van der Waals surface area (Å²) in [5.74, 6) is 1.88. The second kappa shape index (κ2) is 13.0. The molecule has 0 spiro atoms. The van der Waals surface area contributed by atoms with Crippen LogP contribution < -0.4 is 0 Å². The second-order valence-corrected chi connectivity index (χ2v) is 8.89. The van der Waals surface area contributed by atoms with Crippen molar-refractivity contribution in [1.82, 2.24) is 19.6 Å². The van der Waals surface area contributed by atoms with Crippen LogP contribution in [0.15, 0.2) is 42.7 Å². The first kappa shape index (κ1) is 25.5. The number of nitrogens with zero attached hydrogens (tertiary/aromatic N) is 4. The van der Waals surface area contributed by atoms with Crippen LogP contribution in [0.4, 0.5) is 0 Å². The lowest BCUT2D eigenvalue weighted by Crippen LogP contribution is -2.31. The lowest BCUT2D eigenvalue weighted by molar-refractivity contribution is -0.123. The highest BCUT2D eigenvalue weighted by Crippen LogP contribution is 2.46. The summed E-state index contributed by atoms with van der Waals surface area (Å²) in [6, 6.07) is 12.1. The van der Waals surface area contributed by atoms with Crippen LogP contribution >= 0.6 is 0 Å². The zero-order valence-corrected chi connectivity index (χ0v) is 19.2. The van der Waals surface area contributed by atoms with Gasteiger partial charge in [0.1, 0.15) is 0 Å². The largest absolute Gasteiger partial charge is 0.483 e. The first-order chi connectivity index (χ1) is 15.4. The summed E-state index contributed by atoms with van der Waals surface area (Å²) in [4.78, 5) is 21.7. The molecule has 176 valence electrons. The Morgan fingerprint density at radius 2 is 1.47 bits per heavy atom. The molecular weight excluding hydrogens is 408 g/mol. The minimum atomic E-state index is -0.250. The molecule has 2 unspecified atom stereocenters. The molecule has 4 rings (SSSR count). The van der Waals surface area contributed by atoms with Crippen LogP contribution in [0.2, 0.25) is 0 Å². The number of rotatable bonds is 6. The molecule has 0 amide bonds. The zero-order chi connectivity index (χ0) is 23.5. The Bertz CT molecular complexity index is 791. The maximum Gasteiger partial charge on any atom is 0.290 e. The van der Waals surface area contributed by atoms with Gasteiger partial charge in [-0.2, -0.15) is 5.10 Å². The normalized spacial score (nSPS) is 23.7. The fraction of sp³-hybridized carbons (Fsp3) is 0.542. The van der Waals surface area contributed by atoms with Crippen molar-refractivity contribution < 1.29 is 19.8 Å². The molecule has 4 atom stereocenters. The van der Waals surface area contributed by atoms with Crippen LogP contribution in [0.5, 0.6) is 0 Å². The Morgan fingerprint density at radius 1 is 0.938 bits per heavy atom. The standard InChI is InChI=1S/C22H32N4.2CH2O2/c1-24(2)21-9-19-11-22(12-20(19)10-21)25(3)14-18-13-23-26(16-18)15-17-7-5-4-6-8-17;2*2-1-3/h4-8,13,16,19-22H,9-12,14-15H2,1-3H3;2*1H,(H,2,3)/t19-,20+,21?,22?;;. The lowest BCUT2D eigenvalue weighted by Gasteiger charge is -2.26. The molecule has 2 N–H and O–H groups in total. The summed E-state index contributed by atoms with van der Waals surface area (Å²) in [6.45, 7) is 1.36. The van der Waals surface area contributed by atoms with Gasteiger partial charge in [-0.1, -0.05) is 30.3 Å². The van der Waals surface area contributed by atoms with Gasteiger partial charge in [-0.3, -0.25) is 19.2 Å². The van der Waals surface area contributed by atoms with E-state index in [2.05, 4.69) is 77.3 Å². The van der Waals surface area contributed by atoms with E-state index in [1.54, 1.807) is 0 Å². The van der Waals surface area contributed by atoms with Gasteiger partial charge in [-0.05, 0) is 64.2 Å². The van der Waals surface area contributed by atoms with Gasteiger partial charge in [0.15, 0.2) is 0 Å². The number of aromatic nitrogens is 2. The van der Waals surface area contributed by atoms with E-state index >= 15 is 0 Å². The predicted octanol–water partition coefficient (Wildman–Crippen LogP) is 2.88. The van der Waals surface area contributed by atoms with Gasteiger partial charge in [-0.15, -0.1) is 0 Å². The molecule has 2 aliphatic carbocycles. The van der Waals surface area contributed by atoms with E-state index in [0.717, 1.165) is 37.0 Å². The van der Waals surface area contributed by atoms with Crippen LogP contribution in [0, 0.1) is 11.8 Å². The minimum absolute atomic E-state index is 0.250. The van der Waals surface area contributed by atoms with Crippen molar-refractivity contribution in [2.45, 2.75) is 50.9 Å². The molecule has 0 aliphatic heterocycles. The fourth-order valence-corrected chi connectivity index (χ4v) is 5.10. The van der Waals surface area contributed by atoms with E-state index in [1.165, 1.54) is 36.8 Å². The molecule has 0 saturated heterocycles. The number of hydrogen-bond donors (Lipinski definition) is 2. The Labute approximate surface area is 190 Å². The third-order valence-electron chi connectivity index (χ3n) is 6.63. The van der Waals surface area contributed by atoms with Crippen molar-refractivity contribution in [3.8, 4) is 0 Å². The van der Waals surface area contributed by atoms with Crippen LogP contribution in [-0.2, 0) is 22.7 Å². The van der Waals surface area contributed by atoms with Gasteiger partial charge < -0.3 is 15.1 Å². The summed E-state index contributed by atoms with van der Waals surface area (Å²) >= 11 is 0. The van der Waals surface area contributed by atoms with Gasteiger partial charge >= 0.3 is 0 Å². The van der Waals surface area contributed by atoms with Crippen molar-refractivity contribution in [2.24, 2.45) is 11.8 Å². The quantitative estimate of drug-likeness (QED) is 0.661. The molecule has 1 heterocycles. The molecule has 0 bridgehead atoms. The SMILES string of the molecule is CN(C)C1C[C@@H]2CC(N(C)Cc3cnn(Cc4ccccc4)c3)C[C@@H]2C1.O=CO.O=CO. The summed E-state index contributed by atoms with van der Waals surface area (Å²) in [5.41, 5.74) is 2.63. The molecule has 8 heteroatoms. The van der Waals surface area contributed by atoms with Crippen LogP contribution in [0.25, 0.3) is 0 Å². The first-order valence-electron chi connectivity index (χ1n) is 11.0. The van der Waals surface area contributed by atoms with Crippen LogP contribution in [0.3, 0.4) is 0 Å². The highest BCUT2D eigenvalue weighted by molar-refractivity contribution is 5.33. The average Bonchev–Trinajstić information content (AvgIpc) is 3.45. The highest BCUT2D eigenvalue weighted by atomic mass is 16.3. The van der Waals surface area contributed by atoms with Gasteiger partial charge in [0.05, 0.1) is 12.7 Å². The van der Waals surface area contributed by atoms with E-state index in [1.807, 2.05) is 6.20 Å². The van der Waals surface area contributed by atoms with Gasteiger partial charge in [-0.25, -0.2) is 0 Å².